The van der Waals surface area contributed by atoms with Gasteiger partial charge < -0.3 is 19.5 Å². The van der Waals surface area contributed by atoms with E-state index in [2.05, 4.69) is 0 Å². The van der Waals surface area contributed by atoms with Crippen LogP contribution < -0.4 is 0 Å². The fraction of sp³-hybridized carbons (Fsp3) is 0.900. The zero-order valence-corrected chi connectivity index (χ0v) is 8.84. The summed E-state index contributed by atoms with van der Waals surface area (Å²) in [6.45, 7) is 4.05. The lowest BCUT2D eigenvalue weighted by Crippen LogP contribution is -2.36. The Morgan fingerprint density at radius 1 is 1.47 bits per heavy atom. The third-order valence-electron chi connectivity index (χ3n) is 3.36. The second-order valence-corrected chi connectivity index (χ2v) is 4.97. The van der Waals surface area contributed by atoms with Crippen LogP contribution in [0.15, 0.2) is 0 Å². The van der Waals surface area contributed by atoms with Crippen molar-refractivity contribution in [1.82, 2.24) is 4.90 Å². The highest BCUT2D eigenvalue weighted by Crippen LogP contribution is 2.41. The van der Waals surface area contributed by atoms with Crippen LogP contribution in [-0.4, -0.2) is 52.6 Å². The molecule has 3 heterocycles. The van der Waals surface area contributed by atoms with Crippen molar-refractivity contribution < 1.29 is 19.4 Å². The minimum atomic E-state index is -0.676. The molecule has 15 heavy (non-hydrogen) atoms. The number of aliphatic hydroxyl groups is 1. The van der Waals surface area contributed by atoms with Gasteiger partial charge in [0.05, 0.1) is 12.1 Å². The van der Waals surface area contributed by atoms with E-state index in [9.17, 15) is 9.90 Å². The Labute approximate surface area is 87.9 Å². The Morgan fingerprint density at radius 3 is 2.93 bits per heavy atom. The molecule has 3 rings (SSSR count). The molecule has 5 heteroatoms. The van der Waals surface area contributed by atoms with Gasteiger partial charge in [0.1, 0.15) is 6.10 Å². The first-order chi connectivity index (χ1) is 6.98. The van der Waals surface area contributed by atoms with E-state index in [0.717, 1.165) is 0 Å². The molecular weight excluding hydrogens is 198 g/mol. The molecule has 3 aliphatic rings. The summed E-state index contributed by atoms with van der Waals surface area (Å²) in [6, 6.07) is -0.000671. The topological polar surface area (TPSA) is 59.0 Å². The highest BCUT2D eigenvalue weighted by molar-refractivity contribution is 5.85. The second-order valence-electron chi connectivity index (χ2n) is 4.97. The molecule has 5 nitrogen and oxygen atoms in total. The summed E-state index contributed by atoms with van der Waals surface area (Å²) < 4.78 is 11.3. The standard InChI is InChI=1S/C10H15NO4/c1-10(2)14-7-6-3-5(12)4-11(6)9(13)8(7)15-10/h5-8,12H,3-4H2,1-2H3/t5-,6+,7+,8+/m0/s1. The molecular formula is C10H15NO4. The van der Waals surface area contributed by atoms with Crippen LogP contribution in [0.2, 0.25) is 0 Å². The molecule has 0 bridgehead atoms. The minimum absolute atomic E-state index is 0.000671. The van der Waals surface area contributed by atoms with E-state index in [4.69, 9.17) is 9.47 Å². The first-order valence-corrected chi connectivity index (χ1v) is 5.32. The summed E-state index contributed by atoms with van der Waals surface area (Å²) >= 11 is 0. The van der Waals surface area contributed by atoms with Crippen molar-refractivity contribution in [3.63, 3.8) is 0 Å². The number of fused-ring (bicyclic) bond motifs is 3. The smallest absolute Gasteiger partial charge is 0.255 e. The molecule has 0 aromatic carbocycles. The maximum Gasteiger partial charge on any atom is 0.255 e. The average molecular weight is 213 g/mol. The van der Waals surface area contributed by atoms with Gasteiger partial charge in [0, 0.05) is 6.54 Å². The molecule has 0 unspecified atom stereocenters. The van der Waals surface area contributed by atoms with Gasteiger partial charge in [0.25, 0.3) is 5.91 Å². The lowest BCUT2D eigenvalue weighted by atomic mass is 10.1. The Bertz CT molecular complexity index is 317. The number of hydrogen-bond donors (Lipinski definition) is 1. The summed E-state index contributed by atoms with van der Waals surface area (Å²) in [5.41, 5.74) is 0. The number of amides is 1. The van der Waals surface area contributed by atoms with E-state index < -0.39 is 18.0 Å². The number of nitrogens with zero attached hydrogens (tertiary/aromatic N) is 1. The number of aliphatic hydroxyl groups excluding tert-OH is 1. The van der Waals surface area contributed by atoms with Gasteiger partial charge in [-0.05, 0) is 20.3 Å². The molecule has 84 valence electrons. The van der Waals surface area contributed by atoms with E-state index in [-0.39, 0.29) is 18.1 Å². The van der Waals surface area contributed by atoms with Gasteiger partial charge >= 0.3 is 0 Å². The van der Waals surface area contributed by atoms with Crippen LogP contribution in [0.5, 0.6) is 0 Å². The van der Waals surface area contributed by atoms with Crippen molar-refractivity contribution in [3.05, 3.63) is 0 Å². The van der Waals surface area contributed by atoms with E-state index in [1.807, 2.05) is 13.8 Å². The monoisotopic (exact) mass is 213 g/mol. The third-order valence-corrected chi connectivity index (χ3v) is 3.36. The average Bonchev–Trinajstić information content (AvgIpc) is 2.69. The van der Waals surface area contributed by atoms with Crippen molar-refractivity contribution in [2.24, 2.45) is 0 Å². The van der Waals surface area contributed by atoms with E-state index >= 15 is 0 Å². The Balaban J connectivity index is 1.88. The SMILES string of the molecule is CC1(C)O[C@@H]2[C@H]3C[C@H](O)CN3C(=O)[C@@H]2O1. The quantitative estimate of drug-likeness (QED) is 0.588. The molecule has 1 N–H and O–H groups in total. The number of ether oxygens (including phenoxy) is 2. The van der Waals surface area contributed by atoms with Gasteiger partial charge in [0.2, 0.25) is 0 Å². The van der Waals surface area contributed by atoms with Gasteiger partial charge in [-0.25, -0.2) is 0 Å². The third kappa shape index (κ3) is 1.23. The minimum Gasteiger partial charge on any atom is -0.391 e. The Morgan fingerprint density at radius 2 is 2.20 bits per heavy atom. The molecule has 0 aliphatic carbocycles. The molecule has 0 radical (unpaired) electrons. The largest absolute Gasteiger partial charge is 0.391 e. The second kappa shape index (κ2) is 2.72. The maximum atomic E-state index is 11.9. The normalized spacial score (nSPS) is 47.1. The van der Waals surface area contributed by atoms with E-state index in [1.165, 1.54) is 0 Å². The first-order valence-electron chi connectivity index (χ1n) is 5.32. The summed E-state index contributed by atoms with van der Waals surface area (Å²) in [6.07, 6.45) is -0.471. The Hall–Kier alpha value is -0.650. The van der Waals surface area contributed by atoms with Crippen molar-refractivity contribution in [3.8, 4) is 0 Å². The predicted molar refractivity (Wildman–Crippen MR) is 49.9 cm³/mol. The highest BCUT2D eigenvalue weighted by Gasteiger charge is 2.59. The first kappa shape index (κ1) is 9.57. The molecule has 3 saturated heterocycles. The van der Waals surface area contributed by atoms with Crippen molar-refractivity contribution in [2.45, 2.75) is 50.4 Å². The van der Waals surface area contributed by atoms with Crippen LogP contribution in [-0.2, 0) is 14.3 Å². The van der Waals surface area contributed by atoms with Gasteiger partial charge in [0.15, 0.2) is 11.9 Å². The summed E-state index contributed by atoms with van der Waals surface area (Å²) in [7, 11) is 0. The number of rotatable bonds is 0. The number of hydrogen-bond acceptors (Lipinski definition) is 4. The molecule has 0 saturated carbocycles. The van der Waals surface area contributed by atoms with Gasteiger partial charge in [-0.1, -0.05) is 0 Å². The van der Waals surface area contributed by atoms with Crippen LogP contribution >= 0.6 is 0 Å². The lowest BCUT2D eigenvalue weighted by molar-refractivity contribution is -0.171. The van der Waals surface area contributed by atoms with Crippen LogP contribution in [0.4, 0.5) is 0 Å². The molecule has 0 spiro atoms. The fourth-order valence-corrected chi connectivity index (χ4v) is 2.83. The molecule has 0 aromatic heterocycles. The summed E-state index contributed by atoms with van der Waals surface area (Å²) in [5.74, 6) is -0.711. The Kier molecular flexibility index (Phi) is 1.74. The molecule has 1 amide bonds. The number of carbonyl (C=O) groups excluding carboxylic acids is 1. The zero-order chi connectivity index (χ0) is 10.8. The molecule has 4 atom stereocenters. The fourth-order valence-electron chi connectivity index (χ4n) is 2.83. The van der Waals surface area contributed by atoms with Crippen molar-refractivity contribution in [2.75, 3.05) is 6.54 Å². The number of carbonyl (C=O) groups is 1. The van der Waals surface area contributed by atoms with E-state index in [0.29, 0.717) is 13.0 Å². The predicted octanol–water partition coefficient (Wildman–Crippen LogP) is -0.518. The van der Waals surface area contributed by atoms with Crippen LogP contribution in [0.3, 0.4) is 0 Å². The van der Waals surface area contributed by atoms with Gasteiger partial charge in [-0.2, -0.15) is 0 Å². The van der Waals surface area contributed by atoms with Crippen LogP contribution in [0.25, 0.3) is 0 Å². The highest BCUT2D eigenvalue weighted by atomic mass is 16.8. The van der Waals surface area contributed by atoms with Crippen LogP contribution in [0.1, 0.15) is 20.3 Å². The summed E-state index contributed by atoms with van der Waals surface area (Å²) in [4.78, 5) is 13.6. The molecule has 0 aromatic rings. The summed E-state index contributed by atoms with van der Waals surface area (Å²) in [5, 5.41) is 9.51. The lowest BCUT2D eigenvalue weighted by Gasteiger charge is -2.23. The van der Waals surface area contributed by atoms with Crippen molar-refractivity contribution >= 4 is 5.91 Å². The van der Waals surface area contributed by atoms with Crippen LogP contribution in [0, 0.1) is 0 Å². The van der Waals surface area contributed by atoms with E-state index in [1.54, 1.807) is 4.90 Å². The van der Waals surface area contributed by atoms with Gasteiger partial charge in [-0.3, -0.25) is 4.79 Å². The zero-order valence-electron chi connectivity index (χ0n) is 8.84. The van der Waals surface area contributed by atoms with Gasteiger partial charge in [-0.15, -0.1) is 0 Å². The van der Waals surface area contributed by atoms with Crippen molar-refractivity contribution in [1.29, 1.82) is 0 Å². The molecule has 3 fully saturated rings. The molecule has 3 aliphatic heterocycles. The maximum absolute atomic E-state index is 11.9.